The average molecular weight is 426 g/mol. The Morgan fingerprint density at radius 3 is 2.58 bits per heavy atom. The summed E-state index contributed by atoms with van der Waals surface area (Å²) < 4.78 is 11.8. The Labute approximate surface area is 183 Å². The van der Waals surface area contributed by atoms with Crippen molar-refractivity contribution in [1.82, 2.24) is 15.3 Å². The molecule has 1 fully saturated rings. The molecule has 2 aliphatic heterocycles. The largest absolute Gasteiger partial charge is 0.378 e. The topological polar surface area (TPSA) is 88.6 Å². The first-order valence-electron chi connectivity index (χ1n) is 11.1. The SMILES string of the molecule is CCCC1(C)OCc2c(N3CCOCC3)nc(-c3ccc(NC(=O)NCC)cc3)nc21. The maximum atomic E-state index is 11.8. The monoisotopic (exact) mass is 425 g/mol. The van der Waals surface area contributed by atoms with Crippen LogP contribution < -0.4 is 15.5 Å². The molecule has 8 nitrogen and oxygen atoms in total. The minimum atomic E-state index is -0.400. The number of rotatable bonds is 6. The van der Waals surface area contributed by atoms with Crippen LogP contribution in [-0.4, -0.2) is 48.8 Å². The van der Waals surface area contributed by atoms with E-state index in [1.165, 1.54) is 0 Å². The lowest BCUT2D eigenvalue weighted by Crippen LogP contribution is -2.37. The number of ether oxygens (including phenoxy) is 2. The van der Waals surface area contributed by atoms with Crippen molar-refractivity contribution >= 4 is 17.5 Å². The predicted molar refractivity (Wildman–Crippen MR) is 120 cm³/mol. The Hall–Kier alpha value is -2.71. The maximum Gasteiger partial charge on any atom is 0.319 e. The fourth-order valence-electron chi connectivity index (χ4n) is 4.21. The molecule has 2 aliphatic rings. The number of aromatic nitrogens is 2. The molecular weight excluding hydrogens is 394 g/mol. The Morgan fingerprint density at radius 1 is 1.16 bits per heavy atom. The number of urea groups is 1. The van der Waals surface area contributed by atoms with Crippen LogP contribution in [0, 0.1) is 0 Å². The molecule has 4 rings (SSSR count). The van der Waals surface area contributed by atoms with E-state index in [-0.39, 0.29) is 6.03 Å². The van der Waals surface area contributed by atoms with Crippen LogP contribution >= 0.6 is 0 Å². The molecule has 1 aromatic carbocycles. The second-order valence-electron chi connectivity index (χ2n) is 8.13. The summed E-state index contributed by atoms with van der Waals surface area (Å²) in [7, 11) is 0. The lowest BCUT2D eigenvalue weighted by atomic mass is 9.94. The van der Waals surface area contributed by atoms with Gasteiger partial charge in [0, 0.05) is 36.4 Å². The molecule has 3 heterocycles. The number of nitrogens with one attached hydrogen (secondary N) is 2. The molecule has 0 spiro atoms. The van der Waals surface area contributed by atoms with Gasteiger partial charge >= 0.3 is 6.03 Å². The van der Waals surface area contributed by atoms with E-state index in [0.717, 1.165) is 54.3 Å². The number of hydrogen-bond acceptors (Lipinski definition) is 6. The molecule has 2 N–H and O–H groups in total. The lowest BCUT2D eigenvalue weighted by molar-refractivity contribution is -0.0321. The summed E-state index contributed by atoms with van der Waals surface area (Å²) in [5.41, 5.74) is 3.32. The first-order chi connectivity index (χ1) is 15.0. The standard InChI is InChI=1S/C23H31N5O3/c1-4-10-23(3)19-18(15-31-23)21(28-11-13-30-14-12-28)27-20(26-19)16-6-8-17(9-7-16)25-22(29)24-5-2/h6-9H,4-5,10-15H2,1-3H3,(H2,24,25,29). The van der Waals surface area contributed by atoms with E-state index in [0.29, 0.717) is 32.2 Å². The molecule has 1 aromatic heterocycles. The van der Waals surface area contributed by atoms with Gasteiger partial charge in [-0.05, 0) is 44.5 Å². The van der Waals surface area contributed by atoms with Gasteiger partial charge in [-0.2, -0.15) is 0 Å². The smallest absolute Gasteiger partial charge is 0.319 e. The predicted octanol–water partition coefficient (Wildman–Crippen LogP) is 3.67. The number of carbonyl (C=O) groups is 1. The fourth-order valence-corrected chi connectivity index (χ4v) is 4.21. The summed E-state index contributed by atoms with van der Waals surface area (Å²) in [4.78, 5) is 24.0. The molecule has 0 saturated carbocycles. The number of fused-ring (bicyclic) bond motifs is 1. The normalized spacial score (nSPS) is 20.4. The van der Waals surface area contributed by atoms with Crippen molar-refractivity contribution in [2.45, 2.75) is 45.8 Å². The van der Waals surface area contributed by atoms with Crippen molar-refractivity contribution in [2.75, 3.05) is 43.1 Å². The summed E-state index contributed by atoms with van der Waals surface area (Å²) >= 11 is 0. The molecule has 0 bridgehead atoms. The zero-order valence-corrected chi connectivity index (χ0v) is 18.5. The fraction of sp³-hybridized carbons (Fsp3) is 0.522. The number of amides is 2. The van der Waals surface area contributed by atoms with Crippen molar-refractivity contribution in [3.63, 3.8) is 0 Å². The second kappa shape index (κ2) is 9.20. The van der Waals surface area contributed by atoms with Crippen molar-refractivity contribution < 1.29 is 14.3 Å². The van der Waals surface area contributed by atoms with E-state index in [1.54, 1.807) is 0 Å². The molecule has 2 aromatic rings. The quantitative estimate of drug-likeness (QED) is 0.734. The van der Waals surface area contributed by atoms with Crippen LogP contribution in [0.1, 0.15) is 44.9 Å². The van der Waals surface area contributed by atoms with Gasteiger partial charge in [0.1, 0.15) is 11.4 Å². The minimum absolute atomic E-state index is 0.217. The zero-order chi connectivity index (χ0) is 21.8. The Bertz CT molecular complexity index is 928. The third-order valence-corrected chi connectivity index (χ3v) is 5.80. The Balaban J connectivity index is 1.70. The van der Waals surface area contributed by atoms with E-state index in [2.05, 4.69) is 29.4 Å². The molecule has 2 amide bonds. The van der Waals surface area contributed by atoms with Crippen molar-refractivity contribution in [3.8, 4) is 11.4 Å². The molecule has 166 valence electrons. The Morgan fingerprint density at radius 2 is 1.90 bits per heavy atom. The van der Waals surface area contributed by atoms with Crippen LogP contribution in [0.5, 0.6) is 0 Å². The average Bonchev–Trinajstić information content (AvgIpc) is 3.11. The highest BCUT2D eigenvalue weighted by molar-refractivity contribution is 5.89. The number of nitrogens with zero attached hydrogens (tertiary/aromatic N) is 3. The van der Waals surface area contributed by atoms with Crippen molar-refractivity contribution in [3.05, 3.63) is 35.5 Å². The van der Waals surface area contributed by atoms with Gasteiger partial charge in [0.25, 0.3) is 0 Å². The molecule has 8 heteroatoms. The van der Waals surface area contributed by atoms with Gasteiger partial charge in [0.15, 0.2) is 5.82 Å². The second-order valence-corrected chi connectivity index (χ2v) is 8.13. The maximum absolute atomic E-state index is 11.8. The number of benzene rings is 1. The van der Waals surface area contributed by atoms with E-state index < -0.39 is 5.60 Å². The van der Waals surface area contributed by atoms with E-state index in [1.807, 2.05) is 31.2 Å². The molecule has 0 radical (unpaired) electrons. The number of anilines is 2. The van der Waals surface area contributed by atoms with Gasteiger partial charge in [-0.1, -0.05) is 13.3 Å². The van der Waals surface area contributed by atoms with Gasteiger partial charge in [0.2, 0.25) is 0 Å². The van der Waals surface area contributed by atoms with Crippen LogP contribution in [0.2, 0.25) is 0 Å². The van der Waals surface area contributed by atoms with Crippen molar-refractivity contribution in [1.29, 1.82) is 0 Å². The van der Waals surface area contributed by atoms with Crippen LogP contribution in [0.4, 0.5) is 16.3 Å². The zero-order valence-electron chi connectivity index (χ0n) is 18.5. The van der Waals surface area contributed by atoms with E-state index in [9.17, 15) is 4.79 Å². The van der Waals surface area contributed by atoms with Gasteiger partial charge in [-0.3, -0.25) is 0 Å². The van der Waals surface area contributed by atoms with Crippen LogP contribution in [0.3, 0.4) is 0 Å². The molecular formula is C23H31N5O3. The highest BCUT2D eigenvalue weighted by Gasteiger charge is 2.40. The van der Waals surface area contributed by atoms with Crippen molar-refractivity contribution in [2.24, 2.45) is 0 Å². The van der Waals surface area contributed by atoms with Gasteiger partial charge in [-0.15, -0.1) is 0 Å². The first-order valence-corrected chi connectivity index (χ1v) is 11.1. The summed E-state index contributed by atoms with van der Waals surface area (Å²) in [6.07, 6.45) is 1.93. The summed E-state index contributed by atoms with van der Waals surface area (Å²) in [5, 5.41) is 5.55. The summed E-state index contributed by atoms with van der Waals surface area (Å²) in [6, 6.07) is 7.42. The minimum Gasteiger partial charge on any atom is -0.378 e. The van der Waals surface area contributed by atoms with Crippen LogP contribution in [0.15, 0.2) is 24.3 Å². The van der Waals surface area contributed by atoms with Crippen LogP contribution in [0.25, 0.3) is 11.4 Å². The van der Waals surface area contributed by atoms with Gasteiger partial charge < -0.3 is 25.0 Å². The van der Waals surface area contributed by atoms with Gasteiger partial charge in [-0.25, -0.2) is 14.8 Å². The number of morpholine rings is 1. The first kappa shape index (κ1) is 21.5. The highest BCUT2D eigenvalue weighted by atomic mass is 16.5. The highest BCUT2D eigenvalue weighted by Crippen LogP contribution is 2.42. The van der Waals surface area contributed by atoms with Crippen LogP contribution in [-0.2, 0) is 21.7 Å². The summed E-state index contributed by atoms with van der Waals surface area (Å²) in [6.45, 7) is 10.3. The number of carbonyl (C=O) groups excluding carboxylic acids is 1. The molecule has 1 atom stereocenters. The third-order valence-electron chi connectivity index (χ3n) is 5.80. The lowest BCUT2D eigenvalue weighted by Gasteiger charge is -2.30. The van der Waals surface area contributed by atoms with Gasteiger partial charge in [0.05, 0.1) is 25.5 Å². The third kappa shape index (κ3) is 4.50. The molecule has 31 heavy (non-hydrogen) atoms. The number of hydrogen-bond donors (Lipinski definition) is 2. The molecule has 0 aliphatic carbocycles. The molecule has 1 unspecified atom stereocenters. The van der Waals surface area contributed by atoms with E-state index >= 15 is 0 Å². The molecule has 1 saturated heterocycles. The van der Waals surface area contributed by atoms with E-state index in [4.69, 9.17) is 19.4 Å². The summed E-state index contributed by atoms with van der Waals surface area (Å²) in [5.74, 6) is 1.63. The Kier molecular flexibility index (Phi) is 6.38.